The van der Waals surface area contributed by atoms with Crippen LogP contribution in [0.25, 0.3) is 0 Å². The van der Waals surface area contributed by atoms with Crippen LogP contribution in [0.3, 0.4) is 0 Å². The third-order valence-electron chi connectivity index (χ3n) is 4.16. The second-order valence-electron chi connectivity index (χ2n) is 5.39. The van der Waals surface area contributed by atoms with Crippen LogP contribution < -0.4 is 5.73 Å². The Labute approximate surface area is 103 Å². The van der Waals surface area contributed by atoms with Crippen molar-refractivity contribution in [3.05, 3.63) is 0 Å². The normalized spacial score (nSPS) is 32.9. The van der Waals surface area contributed by atoms with Gasteiger partial charge in [0.05, 0.1) is 6.10 Å². The molecule has 1 amide bonds. The molecule has 0 aromatic heterocycles. The van der Waals surface area contributed by atoms with Crippen LogP contribution >= 0.6 is 0 Å². The predicted molar refractivity (Wildman–Crippen MR) is 66.5 cm³/mol. The van der Waals surface area contributed by atoms with Crippen molar-refractivity contribution in [3.8, 4) is 0 Å². The minimum atomic E-state index is 0.159. The van der Waals surface area contributed by atoms with E-state index in [0.717, 1.165) is 45.3 Å². The van der Waals surface area contributed by atoms with Gasteiger partial charge in [-0.05, 0) is 38.1 Å². The second-order valence-corrected chi connectivity index (χ2v) is 5.39. The van der Waals surface area contributed by atoms with Crippen molar-refractivity contribution in [2.24, 2.45) is 17.6 Å². The Bertz CT molecular complexity index is 264. The highest BCUT2D eigenvalue weighted by Crippen LogP contribution is 2.32. The molecule has 0 spiro atoms. The van der Waals surface area contributed by atoms with E-state index in [1.807, 2.05) is 11.9 Å². The zero-order valence-electron chi connectivity index (χ0n) is 10.7. The first-order chi connectivity index (χ1) is 8.22. The average Bonchev–Trinajstić information content (AvgIpc) is 2.97. The van der Waals surface area contributed by atoms with E-state index >= 15 is 0 Å². The summed E-state index contributed by atoms with van der Waals surface area (Å²) in [4.78, 5) is 14.2. The second kappa shape index (κ2) is 5.83. The van der Waals surface area contributed by atoms with E-state index in [1.165, 1.54) is 0 Å². The predicted octanol–water partition coefficient (Wildman–Crippen LogP) is 0.999. The maximum Gasteiger partial charge on any atom is 0.225 e. The summed E-state index contributed by atoms with van der Waals surface area (Å²) in [5.74, 6) is 0.828. The Morgan fingerprint density at radius 2 is 2.18 bits per heavy atom. The number of rotatable bonds is 4. The number of hydrogen-bond acceptors (Lipinski definition) is 3. The molecule has 2 rings (SSSR count). The molecule has 3 atom stereocenters. The van der Waals surface area contributed by atoms with Gasteiger partial charge < -0.3 is 15.4 Å². The number of likely N-dealkylation sites (N-methyl/N-ethyl adjacent to an activating group) is 1. The van der Waals surface area contributed by atoms with Gasteiger partial charge in [-0.1, -0.05) is 6.42 Å². The van der Waals surface area contributed by atoms with Crippen LogP contribution in [0.1, 0.15) is 32.1 Å². The number of ether oxygens (including phenoxy) is 1. The molecule has 0 bridgehead atoms. The van der Waals surface area contributed by atoms with Gasteiger partial charge in [-0.3, -0.25) is 4.79 Å². The number of carbonyl (C=O) groups is 1. The molecule has 4 heteroatoms. The molecule has 4 nitrogen and oxygen atoms in total. The summed E-state index contributed by atoms with van der Waals surface area (Å²) in [7, 11) is 1.90. The maximum absolute atomic E-state index is 12.3. The molecule has 2 N–H and O–H groups in total. The highest BCUT2D eigenvalue weighted by Gasteiger charge is 2.34. The van der Waals surface area contributed by atoms with E-state index in [4.69, 9.17) is 10.5 Å². The minimum absolute atomic E-state index is 0.159. The SMILES string of the molecule is CN(CC1CCCO1)C(=O)C1CCCC1CN. The van der Waals surface area contributed by atoms with Gasteiger partial charge in [-0.15, -0.1) is 0 Å². The minimum Gasteiger partial charge on any atom is -0.376 e. The summed E-state index contributed by atoms with van der Waals surface area (Å²) in [5, 5.41) is 0. The summed E-state index contributed by atoms with van der Waals surface area (Å²) in [6.45, 7) is 2.23. The molecule has 1 saturated carbocycles. The molecule has 0 aromatic carbocycles. The Morgan fingerprint density at radius 1 is 1.35 bits per heavy atom. The summed E-state index contributed by atoms with van der Waals surface area (Å²) < 4.78 is 5.57. The van der Waals surface area contributed by atoms with Crippen LogP contribution in [-0.4, -0.2) is 43.7 Å². The first-order valence-electron chi connectivity index (χ1n) is 6.79. The highest BCUT2D eigenvalue weighted by atomic mass is 16.5. The van der Waals surface area contributed by atoms with Gasteiger partial charge in [0.25, 0.3) is 0 Å². The van der Waals surface area contributed by atoms with Crippen molar-refractivity contribution in [2.75, 3.05) is 26.7 Å². The van der Waals surface area contributed by atoms with Crippen molar-refractivity contribution in [1.29, 1.82) is 0 Å². The number of nitrogens with two attached hydrogens (primary N) is 1. The van der Waals surface area contributed by atoms with Crippen molar-refractivity contribution in [2.45, 2.75) is 38.2 Å². The van der Waals surface area contributed by atoms with E-state index < -0.39 is 0 Å². The first kappa shape index (κ1) is 12.8. The van der Waals surface area contributed by atoms with E-state index in [2.05, 4.69) is 0 Å². The lowest BCUT2D eigenvalue weighted by atomic mass is 9.95. The van der Waals surface area contributed by atoms with Crippen LogP contribution in [0.2, 0.25) is 0 Å². The Hall–Kier alpha value is -0.610. The van der Waals surface area contributed by atoms with Crippen LogP contribution in [-0.2, 0) is 9.53 Å². The number of nitrogens with zero attached hydrogens (tertiary/aromatic N) is 1. The first-order valence-corrected chi connectivity index (χ1v) is 6.79. The van der Waals surface area contributed by atoms with Crippen molar-refractivity contribution < 1.29 is 9.53 Å². The number of hydrogen-bond donors (Lipinski definition) is 1. The van der Waals surface area contributed by atoms with Crippen LogP contribution in [0.5, 0.6) is 0 Å². The highest BCUT2D eigenvalue weighted by molar-refractivity contribution is 5.79. The van der Waals surface area contributed by atoms with Crippen LogP contribution in [0.15, 0.2) is 0 Å². The van der Waals surface area contributed by atoms with Gasteiger partial charge in [0.15, 0.2) is 0 Å². The number of amides is 1. The fourth-order valence-corrected chi connectivity index (χ4v) is 3.11. The zero-order valence-corrected chi connectivity index (χ0v) is 10.7. The lowest BCUT2D eigenvalue weighted by Gasteiger charge is -2.26. The summed E-state index contributed by atoms with van der Waals surface area (Å²) in [6.07, 6.45) is 5.73. The Morgan fingerprint density at radius 3 is 2.82 bits per heavy atom. The molecule has 2 aliphatic rings. The van der Waals surface area contributed by atoms with Gasteiger partial charge in [0.1, 0.15) is 0 Å². The monoisotopic (exact) mass is 240 g/mol. The topological polar surface area (TPSA) is 55.6 Å². The molecular formula is C13H24N2O2. The van der Waals surface area contributed by atoms with Gasteiger partial charge in [0.2, 0.25) is 5.91 Å². The van der Waals surface area contributed by atoms with Crippen molar-refractivity contribution in [3.63, 3.8) is 0 Å². The van der Waals surface area contributed by atoms with E-state index in [1.54, 1.807) is 0 Å². The molecule has 1 aliphatic carbocycles. The largest absolute Gasteiger partial charge is 0.376 e. The van der Waals surface area contributed by atoms with Crippen molar-refractivity contribution >= 4 is 5.91 Å². The van der Waals surface area contributed by atoms with Gasteiger partial charge in [-0.2, -0.15) is 0 Å². The average molecular weight is 240 g/mol. The molecule has 17 heavy (non-hydrogen) atoms. The fraction of sp³-hybridized carbons (Fsp3) is 0.923. The van der Waals surface area contributed by atoms with E-state index in [0.29, 0.717) is 12.5 Å². The summed E-state index contributed by atoms with van der Waals surface area (Å²) >= 11 is 0. The summed E-state index contributed by atoms with van der Waals surface area (Å²) in [5.41, 5.74) is 5.73. The molecular weight excluding hydrogens is 216 g/mol. The van der Waals surface area contributed by atoms with Crippen LogP contribution in [0, 0.1) is 11.8 Å². The van der Waals surface area contributed by atoms with Crippen molar-refractivity contribution in [1.82, 2.24) is 4.90 Å². The van der Waals surface area contributed by atoms with Gasteiger partial charge >= 0.3 is 0 Å². The molecule has 1 saturated heterocycles. The standard InChI is InChI=1S/C13H24N2O2/c1-15(9-11-5-3-7-17-11)13(16)12-6-2-4-10(12)8-14/h10-12H,2-9,14H2,1H3. The Balaban J connectivity index is 1.85. The van der Waals surface area contributed by atoms with E-state index in [-0.39, 0.29) is 17.9 Å². The maximum atomic E-state index is 12.3. The van der Waals surface area contributed by atoms with E-state index in [9.17, 15) is 4.79 Å². The van der Waals surface area contributed by atoms with Gasteiger partial charge in [-0.25, -0.2) is 0 Å². The zero-order chi connectivity index (χ0) is 12.3. The van der Waals surface area contributed by atoms with Crippen LogP contribution in [0.4, 0.5) is 0 Å². The quantitative estimate of drug-likeness (QED) is 0.797. The molecule has 0 radical (unpaired) electrons. The molecule has 1 aliphatic heterocycles. The molecule has 0 aromatic rings. The molecule has 98 valence electrons. The van der Waals surface area contributed by atoms with Gasteiger partial charge in [0, 0.05) is 26.1 Å². The summed E-state index contributed by atoms with van der Waals surface area (Å²) in [6, 6.07) is 0. The lowest BCUT2D eigenvalue weighted by Crippen LogP contribution is -2.40. The fourth-order valence-electron chi connectivity index (χ4n) is 3.11. The third kappa shape index (κ3) is 2.99. The Kier molecular flexibility index (Phi) is 4.40. The third-order valence-corrected chi connectivity index (χ3v) is 4.16. The smallest absolute Gasteiger partial charge is 0.225 e. The molecule has 3 unspecified atom stereocenters. The molecule has 2 fully saturated rings. The number of carbonyl (C=O) groups excluding carboxylic acids is 1. The molecule has 1 heterocycles. The lowest BCUT2D eigenvalue weighted by molar-refractivity contribution is -0.136.